The van der Waals surface area contributed by atoms with Crippen molar-refractivity contribution in [1.82, 2.24) is 4.98 Å². The summed E-state index contributed by atoms with van der Waals surface area (Å²) in [5.41, 5.74) is 1.73. The monoisotopic (exact) mass is 341 g/mol. The summed E-state index contributed by atoms with van der Waals surface area (Å²) in [7, 11) is 0. The highest BCUT2D eigenvalue weighted by atomic mass is 35.5. The van der Waals surface area contributed by atoms with E-state index in [4.69, 9.17) is 21.1 Å². The Morgan fingerprint density at radius 2 is 2.14 bits per heavy atom. The maximum atomic E-state index is 13.0. The molecule has 1 aromatic heterocycles. The molecule has 3 rings (SSSR count). The Hall–Kier alpha value is -1.01. The van der Waals surface area contributed by atoms with Crippen LogP contribution in [0.3, 0.4) is 0 Å². The van der Waals surface area contributed by atoms with E-state index in [1.54, 1.807) is 12.1 Å². The van der Waals surface area contributed by atoms with Crippen molar-refractivity contribution in [3.63, 3.8) is 0 Å². The van der Waals surface area contributed by atoms with Crippen molar-refractivity contribution in [2.24, 2.45) is 0 Å². The smallest absolute Gasteiger partial charge is 0.158 e. The average Bonchev–Trinajstić information content (AvgIpc) is 2.98. The van der Waals surface area contributed by atoms with Gasteiger partial charge in [-0.25, -0.2) is 9.37 Å². The van der Waals surface area contributed by atoms with Crippen LogP contribution in [0.15, 0.2) is 24.3 Å². The van der Waals surface area contributed by atoms with Crippen molar-refractivity contribution >= 4 is 22.9 Å². The Morgan fingerprint density at radius 3 is 2.82 bits per heavy atom. The predicted octanol–water partition coefficient (Wildman–Crippen LogP) is 4.73. The molecule has 0 aliphatic carbocycles. The first kappa shape index (κ1) is 15.9. The van der Waals surface area contributed by atoms with Crippen LogP contribution in [0, 0.1) is 5.82 Å². The maximum absolute atomic E-state index is 13.0. The van der Waals surface area contributed by atoms with Crippen LogP contribution in [0.4, 0.5) is 4.39 Å². The molecule has 1 saturated heterocycles. The summed E-state index contributed by atoms with van der Waals surface area (Å²) in [6, 6.07) is 6.31. The Morgan fingerprint density at radius 1 is 1.32 bits per heavy atom. The quantitative estimate of drug-likeness (QED) is 0.737. The van der Waals surface area contributed by atoms with Crippen molar-refractivity contribution in [2.45, 2.75) is 38.0 Å². The van der Waals surface area contributed by atoms with E-state index in [0.29, 0.717) is 12.5 Å². The number of rotatable bonds is 5. The average molecular weight is 342 g/mol. The highest BCUT2D eigenvalue weighted by molar-refractivity contribution is 7.15. The number of thiazole rings is 1. The molecular weight excluding hydrogens is 325 g/mol. The number of aromatic nitrogens is 1. The Labute approximate surface area is 138 Å². The summed E-state index contributed by atoms with van der Waals surface area (Å²) in [6.07, 6.45) is 3.00. The SMILES string of the molecule is Fc1ccc(-c2nc(COC3CCCCO3)c(CCl)s2)cc1. The van der Waals surface area contributed by atoms with Crippen molar-refractivity contribution in [3.05, 3.63) is 40.7 Å². The zero-order valence-electron chi connectivity index (χ0n) is 12.1. The number of alkyl halides is 1. The molecule has 0 spiro atoms. The molecule has 1 aliphatic heterocycles. The lowest BCUT2D eigenvalue weighted by Gasteiger charge is -2.22. The molecule has 2 heterocycles. The van der Waals surface area contributed by atoms with Crippen molar-refractivity contribution in [2.75, 3.05) is 6.61 Å². The van der Waals surface area contributed by atoms with Gasteiger partial charge in [0.1, 0.15) is 10.8 Å². The fraction of sp³-hybridized carbons (Fsp3) is 0.438. The summed E-state index contributed by atoms with van der Waals surface area (Å²) < 4.78 is 24.3. The molecule has 0 N–H and O–H groups in total. The zero-order valence-corrected chi connectivity index (χ0v) is 13.6. The van der Waals surface area contributed by atoms with Gasteiger partial charge in [0.2, 0.25) is 0 Å². The standard InChI is InChI=1S/C16H17ClFNO2S/c17-9-14-13(10-21-15-3-1-2-8-20-15)19-16(22-14)11-4-6-12(18)7-5-11/h4-7,15H,1-3,8-10H2. The maximum Gasteiger partial charge on any atom is 0.158 e. The van der Waals surface area contributed by atoms with Gasteiger partial charge in [-0.15, -0.1) is 22.9 Å². The first-order valence-corrected chi connectivity index (χ1v) is 8.65. The number of halogens is 2. The van der Waals surface area contributed by atoms with Gasteiger partial charge in [0, 0.05) is 17.0 Å². The van der Waals surface area contributed by atoms with E-state index < -0.39 is 0 Å². The van der Waals surface area contributed by atoms with Gasteiger partial charge >= 0.3 is 0 Å². The van der Waals surface area contributed by atoms with Crippen LogP contribution in [0.5, 0.6) is 0 Å². The summed E-state index contributed by atoms with van der Waals surface area (Å²) in [4.78, 5) is 5.58. The van der Waals surface area contributed by atoms with Crippen molar-refractivity contribution < 1.29 is 13.9 Å². The van der Waals surface area contributed by atoms with Gasteiger partial charge in [0.15, 0.2) is 6.29 Å². The summed E-state index contributed by atoms with van der Waals surface area (Å²) in [5, 5.41) is 0.832. The zero-order chi connectivity index (χ0) is 15.4. The lowest BCUT2D eigenvalue weighted by Crippen LogP contribution is -2.22. The molecule has 3 nitrogen and oxygen atoms in total. The minimum Gasteiger partial charge on any atom is -0.353 e. The number of hydrogen-bond acceptors (Lipinski definition) is 4. The molecular formula is C16H17ClFNO2S. The van der Waals surface area contributed by atoms with Crippen LogP contribution in [0.25, 0.3) is 10.6 Å². The number of benzene rings is 1. The van der Waals surface area contributed by atoms with Gasteiger partial charge in [-0.2, -0.15) is 0 Å². The second-order valence-electron chi connectivity index (χ2n) is 5.14. The van der Waals surface area contributed by atoms with E-state index >= 15 is 0 Å². The normalized spacial score (nSPS) is 18.5. The third-order valence-corrected chi connectivity index (χ3v) is 5.11. The van der Waals surface area contributed by atoms with Gasteiger partial charge in [-0.1, -0.05) is 0 Å². The lowest BCUT2D eigenvalue weighted by molar-refractivity contribution is -0.169. The largest absolute Gasteiger partial charge is 0.353 e. The van der Waals surface area contributed by atoms with E-state index in [0.717, 1.165) is 47.0 Å². The molecule has 0 radical (unpaired) electrons. The fourth-order valence-electron chi connectivity index (χ4n) is 2.33. The van der Waals surface area contributed by atoms with Gasteiger partial charge in [0.25, 0.3) is 0 Å². The number of hydrogen-bond donors (Lipinski definition) is 0. The topological polar surface area (TPSA) is 31.4 Å². The molecule has 0 amide bonds. The fourth-order valence-corrected chi connectivity index (χ4v) is 3.57. The minimum atomic E-state index is -0.254. The van der Waals surface area contributed by atoms with Gasteiger partial charge in [-0.3, -0.25) is 0 Å². The van der Waals surface area contributed by atoms with Crippen LogP contribution in [0.2, 0.25) is 0 Å². The van der Waals surface area contributed by atoms with Gasteiger partial charge in [0.05, 0.1) is 18.2 Å². The molecule has 1 atom stereocenters. The number of ether oxygens (including phenoxy) is 2. The van der Waals surface area contributed by atoms with Crippen LogP contribution in [-0.2, 0) is 22.0 Å². The van der Waals surface area contributed by atoms with Crippen LogP contribution in [0.1, 0.15) is 29.8 Å². The molecule has 0 saturated carbocycles. The molecule has 1 aromatic carbocycles. The van der Waals surface area contributed by atoms with E-state index in [1.165, 1.54) is 23.5 Å². The van der Waals surface area contributed by atoms with Gasteiger partial charge in [-0.05, 0) is 43.5 Å². The van der Waals surface area contributed by atoms with Crippen LogP contribution >= 0.6 is 22.9 Å². The molecule has 1 fully saturated rings. The molecule has 1 unspecified atom stereocenters. The third-order valence-electron chi connectivity index (χ3n) is 3.53. The van der Waals surface area contributed by atoms with Crippen molar-refractivity contribution in [3.8, 4) is 10.6 Å². The van der Waals surface area contributed by atoms with E-state index in [-0.39, 0.29) is 12.1 Å². The highest BCUT2D eigenvalue weighted by Gasteiger charge is 2.17. The predicted molar refractivity (Wildman–Crippen MR) is 85.4 cm³/mol. The third kappa shape index (κ3) is 3.84. The summed E-state index contributed by atoms with van der Waals surface area (Å²) >= 11 is 7.52. The van der Waals surface area contributed by atoms with Gasteiger partial charge < -0.3 is 9.47 Å². The second-order valence-corrected chi connectivity index (χ2v) is 6.49. The van der Waals surface area contributed by atoms with E-state index in [9.17, 15) is 4.39 Å². The minimum absolute atomic E-state index is 0.145. The Bertz CT molecular complexity index is 611. The number of nitrogens with zero attached hydrogens (tertiary/aromatic N) is 1. The first-order chi connectivity index (χ1) is 10.8. The Kier molecular flexibility index (Phi) is 5.41. The molecule has 6 heteroatoms. The van der Waals surface area contributed by atoms with Crippen LogP contribution in [-0.4, -0.2) is 17.9 Å². The molecule has 22 heavy (non-hydrogen) atoms. The molecule has 1 aliphatic rings. The molecule has 0 bridgehead atoms. The highest BCUT2D eigenvalue weighted by Crippen LogP contribution is 2.30. The van der Waals surface area contributed by atoms with Crippen molar-refractivity contribution in [1.29, 1.82) is 0 Å². The van der Waals surface area contributed by atoms with E-state index in [2.05, 4.69) is 4.98 Å². The Balaban J connectivity index is 1.72. The summed E-state index contributed by atoms with van der Waals surface area (Å²) in [5.74, 6) is 0.138. The second kappa shape index (κ2) is 7.51. The van der Waals surface area contributed by atoms with E-state index in [1.807, 2.05) is 0 Å². The summed E-state index contributed by atoms with van der Waals surface area (Å²) in [6.45, 7) is 1.15. The molecule has 2 aromatic rings. The van der Waals surface area contributed by atoms with Crippen LogP contribution < -0.4 is 0 Å². The molecule has 118 valence electrons. The first-order valence-electron chi connectivity index (χ1n) is 7.30. The lowest BCUT2D eigenvalue weighted by atomic mass is 10.2.